The van der Waals surface area contributed by atoms with Crippen LogP contribution in [0.25, 0.3) is 0 Å². The number of carbonyl (C=O) groups is 3. The van der Waals surface area contributed by atoms with Crippen LogP contribution in [0.4, 0.5) is 4.79 Å². The van der Waals surface area contributed by atoms with Crippen LogP contribution in [0.2, 0.25) is 0 Å². The van der Waals surface area contributed by atoms with Crippen molar-refractivity contribution in [1.29, 1.82) is 0 Å². The van der Waals surface area contributed by atoms with Crippen molar-refractivity contribution in [3.05, 3.63) is 0 Å². The number of ketones is 1. The first-order chi connectivity index (χ1) is 11.8. The minimum atomic E-state index is -3.49. The summed E-state index contributed by atoms with van der Waals surface area (Å²) < 4.78 is 21.3. The van der Waals surface area contributed by atoms with Gasteiger partial charge >= 0.3 is 12.1 Å². The lowest BCUT2D eigenvalue weighted by molar-refractivity contribution is -0.158. The van der Waals surface area contributed by atoms with Gasteiger partial charge in [0.1, 0.15) is 0 Å². The molecule has 0 heterocycles. The maximum atomic E-state index is 11.8. The minimum absolute atomic E-state index is 0.0941. The second-order valence-electron chi connectivity index (χ2n) is 6.32. The van der Waals surface area contributed by atoms with E-state index in [0.29, 0.717) is 6.42 Å². The Morgan fingerprint density at radius 2 is 1.84 bits per heavy atom. The number of hydrogen-bond donors (Lipinski definition) is 2. The quantitative estimate of drug-likeness (QED) is 0.341. The van der Waals surface area contributed by atoms with E-state index in [1.165, 1.54) is 0 Å². The van der Waals surface area contributed by atoms with Crippen molar-refractivity contribution in [2.75, 3.05) is 25.7 Å². The maximum Gasteiger partial charge on any atom is 0.410 e. The van der Waals surface area contributed by atoms with Crippen LogP contribution in [0, 0.1) is 5.92 Å². The first-order valence-electron chi connectivity index (χ1n) is 8.74. The van der Waals surface area contributed by atoms with Gasteiger partial charge in [0.15, 0.2) is 5.78 Å². The Balaban J connectivity index is 2.16. The van der Waals surface area contributed by atoms with Crippen molar-refractivity contribution >= 4 is 25.2 Å². The van der Waals surface area contributed by atoms with Gasteiger partial charge in [0.2, 0.25) is 14.2 Å². The van der Waals surface area contributed by atoms with Gasteiger partial charge in [0.05, 0.1) is 18.6 Å². The van der Waals surface area contributed by atoms with E-state index in [1.807, 2.05) is 6.92 Å². The molecule has 144 valence electrons. The average molecular weight is 377 g/mol. The molecule has 2 N–H and O–H groups in total. The Kier molecular flexibility index (Phi) is 9.75. The van der Waals surface area contributed by atoms with Crippen LogP contribution < -0.4 is 5.32 Å². The SMILES string of the molecule is CCCCP(=O)(O)CC(=O)CNC(=O)OCOC(=O)C1CCCCC1. The predicted molar refractivity (Wildman–Crippen MR) is 91.5 cm³/mol. The molecular weight excluding hydrogens is 349 g/mol. The van der Waals surface area contributed by atoms with Gasteiger partial charge in [0.25, 0.3) is 0 Å². The number of Topliss-reactive ketones (excluding diaryl/α,β-unsaturated/α-hetero) is 1. The van der Waals surface area contributed by atoms with Crippen LogP contribution in [0.15, 0.2) is 0 Å². The normalized spacial score (nSPS) is 17.4. The highest BCUT2D eigenvalue weighted by Crippen LogP contribution is 2.40. The number of amides is 1. The summed E-state index contributed by atoms with van der Waals surface area (Å²) in [5.41, 5.74) is 0. The summed E-state index contributed by atoms with van der Waals surface area (Å²) in [7, 11) is -3.49. The van der Waals surface area contributed by atoms with E-state index >= 15 is 0 Å². The minimum Gasteiger partial charge on any atom is -0.428 e. The average Bonchev–Trinajstić information content (AvgIpc) is 2.58. The summed E-state index contributed by atoms with van der Waals surface area (Å²) >= 11 is 0. The number of ether oxygens (including phenoxy) is 2. The lowest BCUT2D eigenvalue weighted by atomic mass is 9.89. The fraction of sp³-hybridized carbons (Fsp3) is 0.812. The summed E-state index contributed by atoms with van der Waals surface area (Å²) in [4.78, 5) is 44.4. The van der Waals surface area contributed by atoms with Crippen molar-refractivity contribution in [3.63, 3.8) is 0 Å². The van der Waals surface area contributed by atoms with Gasteiger partial charge in [-0.05, 0) is 19.3 Å². The zero-order valence-electron chi connectivity index (χ0n) is 14.7. The van der Waals surface area contributed by atoms with Crippen molar-refractivity contribution in [1.82, 2.24) is 5.32 Å². The molecule has 1 unspecified atom stereocenters. The molecule has 0 radical (unpaired) electrons. The fourth-order valence-corrected chi connectivity index (χ4v) is 4.27. The van der Waals surface area contributed by atoms with Crippen LogP contribution in [0.1, 0.15) is 51.9 Å². The van der Waals surface area contributed by atoms with Gasteiger partial charge in [-0.25, -0.2) is 4.79 Å². The fourth-order valence-electron chi connectivity index (χ4n) is 2.63. The molecule has 1 rings (SSSR count). The molecule has 0 aromatic carbocycles. The second-order valence-corrected chi connectivity index (χ2v) is 8.78. The van der Waals surface area contributed by atoms with Crippen LogP contribution in [-0.2, 0) is 23.6 Å². The topological polar surface area (TPSA) is 119 Å². The molecule has 0 spiro atoms. The number of unbranched alkanes of at least 4 members (excludes halogenated alkanes) is 1. The Morgan fingerprint density at radius 1 is 1.16 bits per heavy atom. The van der Waals surface area contributed by atoms with Crippen molar-refractivity contribution in [2.45, 2.75) is 51.9 Å². The van der Waals surface area contributed by atoms with Crippen molar-refractivity contribution in [3.8, 4) is 0 Å². The molecular formula is C16H28NO7P. The van der Waals surface area contributed by atoms with E-state index < -0.39 is 38.7 Å². The summed E-state index contributed by atoms with van der Waals surface area (Å²) in [5, 5.41) is 2.18. The summed E-state index contributed by atoms with van der Waals surface area (Å²) in [6.07, 6.45) is 4.75. The molecule has 1 atom stereocenters. The third-order valence-electron chi connectivity index (χ3n) is 4.04. The number of esters is 1. The summed E-state index contributed by atoms with van der Waals surface area (Å²) in [6, 6.07) is 0. The molecule has 0 aromatic heterocycles. The highest BCUT2D eigenvalue weighted by molar-refractivity contribution is 7.58. The molecule has 0 aromatic rings. The number of carbonyl (C=O) groups excluding carboxylic acids is 3. The maximum absolute atomic E-state index is 11.8. The molecule has 0 bridgehead atoms. The van der Waals surface area contributed by atoms with E-state index in [9.17, 15) is 23.8 Å². The smallest absolute Gasteiger partial charge is 0.410 e. The molecule has 0 aliphatic heterocycles. The van der Waals surface area contributed by atoms with Gasteiger partial charge in [-0.3, -0.25) is 14.2 Å². The zero-order chi connectivity index (χ0) is 18.7. The van der Waals surface area contributed by atoms with E-state index in [2.05, 4.69) is 10.1 Å². The van der Waals surface area contributed by atoms with E-state index in [0.717, 1.165) is 38.5 Å². The van der Waals surface area contributed by atoms with Crippen molar-refractivity contribution < 1.29 is 33.3 Å². The van der Waals surface area contributed by atoms with Crippen LogP contribution in [-0.4, -0.2) is 48.4 Å². The molecule has 1 saturated carbocycles. The lowest BCUT2D eigenvalue weighted by Gasteiger charge is -2.19. The number of rotatable bonds is 10. The van der Waals surface area contributed by atoms with Gasteiger partial charge in [-0.2, -0.15) is 0 Å². The highest BCUT2D eigenvalue weighted by Gasteiger charge is 2.23. The monoisotopic (exact) mass is 377 g/mol. The summed E-state index contributed by atoms with van der Waals surface area (Å²) in [6.45, 7) is 0.983. The van der Waals surface area contributed by atoms with Gasteiger partial charge < -0.3 is 19.7 Å². The zero-order valence-corrected chi connectivity index (χ0v) is 15.6. The second kappa shape index (κ2) is 11.3. The van der Waals surface area contributed by atoms with E-state index in [1.54, 1.807) is 0 Å². The molecule has 1 aliphatic rings. The van der Waals surface area contributed by atoms with Gasteiger partial charge in [-0.1, -0.05) is 32.6 Å². The number of nitrogens with one attached hydrogen (secondary N) is 1. The van der Waals surface area contributed by atoms with Crippen molar-refractivity contribution in [2.24, 2.45) is 5.92 Å². The number of alkyl carbamates (subject to hydrolysis) is 1. The molecule has 9 heteroatoms. The Bertz CT molecular complexity index is 503. The van der Waals surface area contributed by atoms with Crippen LogP contribution in [0.3, 0.4) is 0 Å². The summed E-state index contributed by atoms with van der Waals surface area (Å²) in [5.74, 6) is -1.05. The van der Waals surface area contributed by atoms with Gasteiger partial charge in [-0.15, -0.1) is 0 Å². The first-order valence-corrected chi connectivity index (χ1v) is 10.8. The Morgan fingerprint density at radius 3 is 2.48 bits per heavy atom. The van der Waals surface area contributed by atoms with Crippen LogP contribution >= 0.6 is 7.37 Å². The van der Waals surface area contributed by atoms with Crippen LogP contribution in [0.5, 0.6) is 0 Å². The first kappa shape index (κ1) is 21.6. The third kappa shape index (κ3) is 9.60. The third-order valence-corrected chi connectivity index (χ3v) is 5.91. The van der Waals surface area contributed by atoms with E-state index in [-0.39, 0.29) is 18.0 Å². The molecule has 1 aliphatic carbocycles. The molecule has 0 saturated heterocycles. The molecule has 1 fully saturated rings. The molecule has 25 heavy (non-hydrogen) atoms. The van der Waals surface area contributed by atoms with E-state index in [4.69, 9.17) is 4.74 Å². The molecule has 8 nitrogen and oxygen atoms in total. The largest absolute Gasteiger partial charge is 0.428 e. The Hall–Kier alpha value is -1.40. The molecule has 1 amide bonds. The Labute approximate surface area is 148 Å². The lowest BCUT2D eigenvalue weighted by Crippen LogP contribution is -2.32. The highest BCUT2D eigenvalue weighted by atomic mass is 31.2. The predicted octanol–water partition coefficient (Wildman–Crippen LogP) is 2.43. The van der Waals surface area contributed by atoms with Gasteiger partial charge in [0, 0.05) is 6.16 Å². The number of hydrogen-bond acceptors (Lipinski definition) is 6. The standard InChI is InChI=1S/C16H28NO7P/c1-2-3-9-25(21,22)11-14(18)10-17-16(20)24-12-23-15(19)13-7-5-4-6-8-13/h13H,2-12H2,1H3,(H,17,20)(H,21,22).